The molecule has 0 atom stereocenters. The molecule has 4 heteroatoms. The molecule has 0 amide bonds. The number of methoxy groups -OCH3 is 3. The van der Waals surface area contributed by atoms with E-state index in [4.69, 9.17) is 14.2 Å². The third-order valence-corrected chi connectivity index (χ3v) is 6.95. The first-order valence-corrected chi connectivity index (χ1v) is 11.1. The van der Waals surface area contributed by atoms with E-state index in [2.05, 4.69) is 76.6 Å². The minimum atomic E-state index is -0.659. The van der Waals surface area contributed by atoms with Crippen molar-refractivity contribution in [2.45, 2.75) is 4.32 Å². The van der Waals surface area contributed by atoms with Crippen molar-refractivity contribution in [1.29, 1.82) is 0 Å². The van der Waals surface area contributed by atoms with Gasteiger partial charge in [-0.25, -0.2) is 0 Å². The molecule has 0 unspecified atom stereocenters. The summed E-state index contributed by atoms with van der Waals surface area (Å²) in [6.07, 6.45) is 0. The van der Waals surface area contributed by atoms with Gasteiger partial charge < -0.3 is 14.2 Å². The van der Waals surface area contributed by atoms with Crippen LogP contribution in [0.1, 0.15) is 16.7 Å². The molecule has 0 fully saturated rings. The number of benzene rings is 4. The SMILES string of the molecule is COc1cc(C(Br)(c2ccccc2)c2ccccc2)c(-c2ccccc2)c(OC)c1OC. The summed E-state index contributed by atoms with van der Waals surface area (Å²) in [5.41, 5.74) is 5.15. The summed E-state index contributed by atoms with van der Waals surface area (Å²) in [6.45, 7) is 0. The molecule has 0 N–H and O–H groups in total. The first kappa shape index (κ1) is 22.0. The summed E-state index contributed by atoms with van der Waals surface area (Å²) in [5, 5.41) is 0. The van der Waals surface area contributed by atoms with Crippen LogP contribution in [-0.2, 0) is 4.32 Å². The summed E-state index contributed by atoms with van der Waals surface area (Å²) in [5.74, 6) is 1.80. The van der Waals surface area contributed by atoms with E-state index in [0.717, 1.165) is 27.8 Å². The Morgan fingerprint density at radius 1 is 0.594 bits per heavy atom. The standard InChI is InChI=1S/C28H25BrO3/c1-30-24-19-23(25(20-13-7-4-8-14-20)27(32-3)26(24)31-2)28(29,21-15-9-5-10-16-21)22-17-11-6-12-18-22/h4-19H,1-3H3. The molecular formula is C28H25BrO3. The predicted molar refractivity (Wildman–Crippen MR) is 133 cm³/mol. The summed E-state index contributed by atoms with van der Waals surface area (Å²) < 4.78 is 16.8. The summed E-state index contributed by atoms with van der Waals surface area (Å²) in [6, 6.07) is 33.0. The lowest BCUT2D eigenvalue weighted by molar-refractivity contribution is 0.324. The quantitative estimate of drug-likeness (QED) is 0.205. The van der Waals surface area contributed by atoms with Crippen molar-refractivity contribution in [3.63, 3.8) is 0 Å². The van der Waals surface area contributed by atoms with Crippen LogP contribution < -0.4 is 14.2 Å². The molecule has 32 heavy (non-hydrogen) atoms. The molecule has 0 saturated heterocycles. The Kier molecular flexibility index (Phi) is 6.52. The van der Waals surface area contributed by atoms with E-state index in [1.54, 1.807) is 21.3 Å². The Hall–Kier alpha value is -3.24. The Bertz CT molecular complexity index is 1140. The molecule has 0 spiro atoms. The second-order valence-electron chi connectivity index (χ2n) is 7.32. The van der Waals surface area contributed by atoms with Crippen LogP contribution in [-0.4, -0.2) is 21.3 Å². The van der Waals surface area contributed by atoms with Crippen LogP contribution in [0.2, 0.25) is 0 Å². The molecule has 162 valence electrons. The van der Waals surface area contributed by atoms with Crippen molar-refractivity contribution >= 4 is 15.9 Å². The van der Waals surface area contributed by atoms with Gasteiger partial charge in [0.15, 0.2) is 11.5 Å². The maximum absolute atomic E-state index is 5.95. The maximum Gasteiger partial charge on any atom is 0.203 e. The smallest absolute Gasteiger partial charge is 0.203 e. The number of halogens is 1. The molecule has 0 aromatic heterocycles. The van der Waals surface area contributed by atoms with Crippen LogP contribution >= 0.6 is 15.9 Å². The first-order valence-electron chi connectivity index (χ1n) is 10.3. The minimum absolute atomic E-state index is 0.563. The minimum Gasteiger partial charge on any atom is -0.493 e. The highest BCUT2D eigenvalue weighted by Gasteiger charge is 2.38. The Morgan fingerprint density at radius 3 is 1.50 bits per heavy atom. The van der Waals surface area contributed by atoms with E-state index in [1.807, 2.05) is 36.4 Å². The fraction of sp³-hybridized carbons (Fsp3) is 0.143. The summed E-state index contributed by atoms with van der Waals surface area (Å²) in [4.78, 5) is 0. The topological polar surface area (TPSA) is 27.7 Å². The van der Waals surface area contributed by atoms with Gasteiger partial charge >= 0.3 is 0 Å². The Labute approximate surface area is 197 Å². The molecule has 0 saturated carbocycles. The number of ether oxygens (including phenoxy) is 3. The third kappa shape index (κ3) is 3.76. The van der Waals surface area contributed by atoms with Gasteiger partial charge in [0.1, 0.15) is 4.32 Å². The lowest BCUT2D eigenvalue weighted by atomic mass is 9.80. The van der Waals surface area contributed by atoms with E-state index >= 15 is 0 Å². The lowest BCUT2D eigenvalue weighted by Crippen LogP contribution is -2.23. The summed E-state index contributed by atoms with van der Waals surface area (Å²) >= 11 is 4.18. The van der Waals surface area contributed by atoms with Gasteiger partial charge in [0.25, 0.3) is 0 Å². The van der Waals surface area contributed by atoms with Gasteiger partial charge in [-0.2, -0.15) is 0 Å². The lowest BCUT2D eigenvalue weighted by Gasteiger charge is -2.33. The monoisotopic (exact) mass is 488 g/mol. The molecule has 4 aromatic rings. The van der Waals surface area contributed by atoms with Crippen molar-refractivity contribution in [2.24, 2.45) is 0 Å². The highest BCUT2D eigenvalue weighted by molar-refractivity contribution is 9.10. The van der Waals surface area contributed by atoms with Crippen LogP contribution in [0, 0.1) is 0 Å². The molecular weight excluding hydrogens is 464 g/mol. The van der Waals surface area contributed by atoms with Gasteiger partial charge in [-0.3, -0.25) is 0 Å². The van der Waals surface area contributed by atoms with Crippen LogP contribution in [0.5, 0.6) is 17.2 Å². The molecule has 0 bridgehead atoms. The van der Waals surface area contributed by atoms with Crippen molar-refractivity contribution in [3.8, 4) is 28.4 Å². The van der Waals surface area contributed by atoms with E-state index in [-0.39, 0.29) is 0 Å². The van der Waals surface area contributed by atoms with Gasteiger partial charge in [-0.05, 0) is 28.3 Å². The molecule has 0 heterocycles. The second-order valence-corrected chi connectivity index (χ2v) is 8.51. The zero-order valence-corrected chi connectivity index (χ0v) is 19.9. The van der Waals surface area contributed by atoms with Gasteiger partial charge in [0.2, 0.25) is 5.75 Å². The van der Waals surface area contributed by atoms with Crippen molar-refractivity contribution in [3.05, 3.63) is 114 Å². The van der Waals surface area contributed by atoms with Gasteiger partial charge in [0, 0.05) is 5.56 Å². The van der Waals surface area contributed by atoms with Gasteiger partial charge in [-0.1, -0.05) is 107 Å². The fourth-order valence-corrected chi connectivity index (χ4v) is 4.97. The number of hydrogen-bond donors (Lipinski definition) is 0. The highest BCUT2D eigenvalue weighted by Crippen LogP contribution is 2.55. The zero-order valence-electron chi connectivity index (χ0n) is 18.3. The van der Waals surface area contributed by atoms with Crippen LogP contribution in [0.25, 0.3) is 11.1 Å². The van der Waals surface area contributed by atoms with Crippen LogP contribution in [0.15, 0.2) is 97.1 Å². The Morgan fingerprint density at radius 2 is 1.06 bits per heavy atom. The molecule has 4 rings (SSSR count). The zero-order chi connectivity index (χ0) is 22.6. The molecule has 0 aliphatic rings. The largest absolute Gasteiger partial charge is 0.493 e. The normalized spacial score (nSPS) is 11.1. The molecule has 4 aromatic carbocycles. The third-order valence-electron chi connectivity index (χ3n) is 5.61. The maximum atomic E-state index is 5.95. The number of hydrogen-bond acceptors (Lipinski definition) is 3. The van der Waals surface area contributed by atoms with E-state index in [9.17, 15) is 0 Å². The van der Waals surface area contributed by atoms with Gasteiger partial charge in [-0.15, -0.1) is 0 Å². The van der Waals surface area contributed by atoms with Crippen molar-refractivity contribution in [2.75, 3.05) is 21.3 Å². The highest BCUT2D eigenvalue weighted by atomic mass is 79.9. The van der Waals surface area contributed by atoms with Crippen LogP contribution in [0.3, 0.4) is 0 Å². The molecule has 3 nitrogen and oxygen atoms in total. The van der Waals surface area contributed by atoms with E-state index < -0.39 is 4.32 Å². The van der Waals surface area contributed by atoms with E-state index in [0.29, 0.717) is 17.2 Å². The number of alkyl halides is 1. The second kappa shape index (κ2) is 9.49. The van der Waals surface area contributed by atoms with Crippen molar-refractivity contribution in [1.82, 2.24) is 0 Å². The average Bonchev–Trinajstić information content (AvgIpc) is 2.88. The van der Waals surface area contributed by atoms with Crippen molar-refractivity contribution < 1.29 is 14.2 Å². The van der Waals surface area contributed by atoms with Gasteiger partial charge in [0.05, 0.1) is 21.3 Å². The molecule has 0 aliphatic carbocycles. The summed E-state index contributed by atoms with van der Waals surface area (Å²) in [7, 11) is 4.93. The first-order chi connectivity index (χ1) is 15.6. The fourth-order valence-electron chi connectivity index (χ4n) is 4.13. The average molecular weight is 489 g/mol. The predicted octanol–water partition coefficient (Wildman–Crippen LogP) is 7.07. The molecule has 0 radical (unpaired) electrons. The Balaban J connectivity index is 2.17. The van der Waals surface area contributed by atoms with Crippen LogP contribution in [0.4, 0.5) is 0 Å². The molecule has 0 aliphatic heterocycles. The number of rotatable bonds is 7. The van der Waals surface area contributed by atoms with E-state index in [1.165, 1.54) is 0 Å².